The number of hydrogen-bond acceptors (Lipinski definition) is 10. The van der Waals surface area contributed by atoms with E-state index < -0.39 is 42.7 Å². The molecule has 0 aliphatic carbocycles. The predicted molar refractivity (Wildman–Crippen MR) is 139 cm³/mol. The van der Waals surface area contributed by atoms with Crippen LogP contribution in [0.15, 0.2) is 48.9 Å². The molecule has 1 saturated heterocycles. The van der Waals surface area contributed by atoms with Crippen LogP contribution in [-0.4, -0.2) is 63.2 Å². The highest BCUT2D eigenvalue weighted by atomic mass is 31.0. The first-order valence-corrected chi connectivity index (χ1v) is 12.6. The van der Waals surface area contributed by atoms with Crippen LogP contribution in [0.2, 0.25) is 0 Å². The van der Waals surface area contributed by atoms with Crippen LogP contribution in [0.4, 0.5) is 0 Å². The van der Waals surface area contributed by atoms with E-state index in [1.165, 1.54) is 18.6 Å². The molecule has 6 atom stereocenters. The summed E-state index contributed by atoms with van der Waals surface area (Å²) in [6, 6.07) is 7.37. The zero-order valence-electron chi connectivity index (χ0n) is 21.0. The number of rotatable bonds is 10. The molecule has 1 aromatic carbocycles. The molecule has 12 nitrogen and oxygen atoms in total. The van der Waals surface area contributed by atoms with Crippen LogP contribution in [0.3, 0.4) is 0 Å². The van der Waals surface area contributed by atoms with Gasteiger partial charge in [0.05, 0.1) is 6.20 Å². The van der Waals surface area contributed by atoms with Gasteiger partial charge in [0, 0.05) is 24.9 Å². The molecule has 14 heteroatoms. The maximum Gasteiger partial charge on any atom is 0.415 e. The van der Waals surface area contributed by atoms with Crippen LogP contribution in [0.1, 0.15) is 43.2 Å². The number of nitrogens with zero attached hydrogens (tertiary/aromatic N) is 2. The van der Waals surface area contributed by atoms with Crippen LogP contribution < -0.4 is 21.6 Å². The topological polar surface area (TPSA) is 164 Å². The van der Waals surface area contributed by atoms with Crippen LogP contribution in [-0.2, 0) is 25.4 Å². The molecular weight excluding hydrogens is 498 g/mol. The number of amides is 2. The van der Waals surface area contributed by atoms with Crippen molar-refractivity contribution >= 4 is 33.3 Å². The Labute approximate surface area is 217 Å². The van der Waals surface area contributed by atoms with E-state index in [1.807, 2.05) is 44.2 Å². The monoisotopic (exact) mass is 531 g/mol. The minimum atomic E-state index is -3.14. The zero-order chi connectivity index (χ0) is 27.0. The first-order chi connectivity index (χ1) is 17.6. The van der Waals surface area contributed by atoms with Gasteiger partial charge in [-0.2, -0.15) is 5.59 Å². The van der Waals surface area contributed by atoms with Gasteiger partial charge >= 0.3 is 6.75 Å². The van der Waals surface area contributed by atoms with Crippen molar-refractivity contribution in [1.29, 1.82) is 0 Å². The lowest BCUT2D eigenvalue weighted by molar-refractivity contribution is -0.124. The Hall–Kier alpha value is -2.80. The summed E-state index contributed by atoms with van der Waals surface area (Å²) in [5.74, 6) is -2.11. The maximum atomic E-state index is 13.6. The summed E-state index contributed by atoms with van der Waals surface area (Å²) in [5, 5.41) is 16.9. The Morgan fingerprint density at radius 3 is 2.54 bits per heavy atom. The smallest absolute Gasteiger partial charge is 0.415 e. The van der Waals surface area contributed by atoms with Gasteiger partial charge in [0.25, 0.3) is 5.91 Å². The molecule has 0 saturated carbocycles. The fourth-order valence-electron chi connectivity index (χ4n) is 4.03. The van der Waals surface area contributed by atoms with Crippen molar-refractivity contribution in [2.24, 2.45) is 5.92 Å². The van der Waals surface area contributed by atoms with E-state index in [1.54, 1.807) is 6.92 Å². The molecule has 1 aliphatic rings. The highest BCUT2D eigenvalue weighted by Gasteiger charge is 2.43. The largest absolute Gasteiger partial charge is 0.557 e. The van der Waals surface area contributed by atoms with Crippen molar-refractivity contribution in [3.05, 3.63) is 60.2 Å². The highest BCUT2D eigenvalue weighted by Crippen LogP contribution is 2.22. The Morgan fingerprint density at radius 1 is 1.19 bits per heavy atom. The van der Waals surface area contributed by atoms with E-state index in [4.69, 9.17) is 9.41 Å². The fraction of sp³-hybridized carbons (Fsp3) is 0.435. The number of benzene rings is 1. The summed E-state index contributed by atoms with van der Waals surface area (Å²) in [6.07, 6.45) is 3.81. The molecule has 2 unspecified atom stereocenters. The SMILES string of the molecule is CC(C)C[C@H](NC(=O)[C@H](Cc1ccccc1)NC(=O)c1cnccn1)[B-]1(O)ONN[C@H](C(=O)P)[C@@H](C)O1. The Balaban J connectivity index is 1.84. The molecule has 0 radical (unpaired) electrons. The van der Waals surface area contributed by atoms with Gasteiger partial charge in [0.15, 0.2) is 5.52 Å². The van der Waals surface area contributed by atoms with Crippen molar-refractivity contribution in [2.75, 3.05) is 0 Å². The third-order valence-corrected chi connectivity index (χ3v) is 6.25. The molecule has 1 aromatic heterocycles. The van der Waals surface area contributed by atoms with Gasteiger partial charge in [-0.3, -0.25) is 19.4 Å². The zero-order valence-corrected chi connectivity index (χ0v) is 22.1. The van der Waals surface area contributed by atoms with E-state index in [0.29, 0.717) is 0 Å². The summed E-state index contributed by atoms with van der Waals surface area (Å²) in [5.41, 5.74) is 5.60. The van der Waals surface area contributed by atoms with Crippen LogP contribution in [0.5, 0.6) is 0 Å². The molecule has 2 aromatic rings. The van der Waals surface area contributed by atoms with Crippen molar-refractivity contribution in [1.82, 2.24) is 31.6 Å². The Bertz CT molecular complexity index is 1070. The molecule has 0 bridgehead atoms. The highest BCUT2D eigenvalue weighted by molar-refractivity contribution is 7.40. The second-order valence-electron chi connectivity index (χ2n) is 9.36. The number of aromatic nitrogens is 2. The van der Waals surface area contributed by atoms with Crippen LogP contribution in [0, 0.1) is 5.92 Å². The quantitative estimate of drug-likeness (QED) is 0.209. The number of nitrogens with one attached hydrogen (secondary N) is 4. The fourth-order valence-corrected chi connectivity index (χ4v) is 4.38. The molecule has 1 aliphatic heterocycles. The average molecular weight is 531 g/mol. The minimum absolute atomic E-state index is 0.0239. The summed E-state index contributed by atoms with van der Waals surface area (Å²) in [4.78, 5) is 46.2. The third kappa shape index (κ3) is 8.09. The molecule has 1 fully saturated rings. The lowest BCUT2D eigenvalue weighted by atomic mass is 9.65. The second kappa shape index (κ2) is 13.1. The maximum absolute atomic E-state index is 13.6. The van der Waals surface area contributed by atoms with Gasteiger partial charge in [-0.05, 0) is 24.3 Å². The van der Waals surface area contributed by atoms with Gasteiger partial charge in [-0.1, -0.05) is 59.8 Å². The number of hydrazine groups is 1. The van der Waals surface area contributed by atoms with Crippen molar-refractivity contribution < 1.29 is 28.8 Å². The summed E-state index contributed by atoms with van der Waals surface area (Å²) >= 11 is 0. The number of carbonyl (C=O) groups is 3. The molecule has 0 spiro atoms. The molecule has 200 valence electrons. The molecule has 5 N–H and O–H groups in total. The number of hydrogen-bond donors (Lipinski definition) is 5. The molecule has 3 rings (SSSR count). The van der Waals surface area contributed by atoms with Gasteiger partial charge in [0.1, 0.15) is 17.8 Å². The lowest BCUT2D eigenvalue weighted by Gasteiger charge is -2.43. The standard InChI is InChI=1S/C23H33BN6O6P/c1-14(2)11-19(24(34)35-15(3)20(23(33)37)29-30-36-24)28-21(31)17(12-16-7-5-4-6-8-16)27-22(32)18-13-25-9-10-26-18/h4-10,13-15,17,19-20,29-30,34H,11-12,37H2,1-3H3,(H,27,32)(H,28,31)/q-1/t15-,17+,19+,20+,24?/m1/s1. The number of carbonyl (C=O) groups excluding carboxylic acids is 3. The van der Waals surface area contributed by atoms with Gasteiger partial charge in [0.2, 0.25) is 5.91 Å². The minimum Gasteiger partial charge on any atom is -0.557 e. The molecule has 2 amide bonds. The molecule has 37 heavy (non-hydrogen) atoms. The molecular formula is C23H33BN6O6P-. The van der Waals surface area contributed by atoms with Crippen molar-refractivity contribution in [2.45, 2.75) is 57.7 Å². The predicted octanol–water partition coefficient (Wildman–Crippen LogP) is 0.0338. The Morgan fingerprint density at radius 2 is 1.92 bits per heavy atom. The van der Waals surface area contributed by atoms with E-state index in [0.717, 1.165) is 5.56 Å². The van der Waals surface area contributed by atoms with Gasteiger partial charge < -0.3 is 25.1 Å². The van der Waals surface area contributed by atoms with E-state index in [9.17, 15) is 19.4 Å². The van der Waals surface area contributed by atoms with Crippen LogP contribution >= 0.6 is 9.24 Å². The normalized spacial score (nSPS) is 23.5. The van der Waals surface area contributed by atoms with Crippen molar-refractivity contribution in [3.63, 3.8) is 0 Å². The average Bonchev–Trinajstić information content (AvgIpc) is 3.02. The van der Waals surface area contributed by atoms with Gasteiger partial charge in [-0.15, -0.1) is 0 Å². The Kier molecular flexibility index (Phi) is 10.2. The van der Waals surface area contributed by atoms with E-state index in [-0.39, 0.29) is 30.0 Å². The van der Waals surface area contributed by atoms with E-state index >= 15 is 0 Å². The lowest BCUT2D eigenvalue weighted by Crippen LogP contribution is -2.65. The first-order valence-electron chi connectivity index (χ1n) is 12.0. The molecule has 2 heterocycles. The first kappa shape index (κ1) is 28.8. The second-order valence-corrected chi connectivity index (χ2v) is 9.93. The summed E-state index contributed by atoms with van der Waals surface area (Å²) < 4.78 is 11.2. The van der Waals surface area contributed by atoms with E-state index in [2.05, 4.69) is 40.9 Å². The summed E-state index contributed by atoms with van der Waals surface area (Å²) in [7, 11) is 2.05. The van der Waals surface area contributed by atoms with Crippen LogP contribution in [0.25, 0.3) is 0 Å². The van der Waals surface area contributed by atoms with Crippen molar-refractivity contribution in [3.8, 4) is 0 Å². The summed E-state index contributed by atoms with van der Waals surface area (Å²) in [6.45, 7) is 2.29. The van der Waals surface area contributed by atoms with Gasteiger partial charge in [-0.25, -0.2) is 10.4 Å². The third-order valence-electron chi connectivity index (χ3n) is 5.89.